The average molecular weight is 292 g/mol. The molecule has 0 unspecified atom stereocenters. The fraction of sp³-hybridized carbons (Fsp3) is 0.571. The second-order valence-corrected chi connectivity index (χ2v) is 5.29. The van der Waals surface area contributed by atoms with Crippen molar-refractivity contribution in [2.75, 3.05) is 11.4 Å². The summed E-state index contributed by atoms with van der Waals surface area (Å²) >= 11 is 0. The van der Waals surface area contributed by atoms with Crippen LogP contribution in [-0.4, -0.2) is 18.8 Å². The Morgan fingerprint density at radius 3 is 2.15 bits per heavy atom. The van der Waals surface area contributed by atoms with Crippen LogP contribution in [-0.2, 0) is 0 Å². The van der Waals surface area contributed by atoms with Gasteiger partial charge in [0, 0.05) is 17.8 Å². The van der Waals surface area contributed by atoms with Crippen molar-refractivity contribution in [3.05, 3.63) is 29.1 Å². The maximum Gasteiger partial charge on any atom is 0.405 e. The molecule has 114 valence electrons. The van der Waals surface area contributed by atoms with Gasteiger partial charge in [-0.05, 0) is 51.0 Å². The lowest BCUT2D eigenvalue weighted by Crippen LogP contribution is -2.40. The molecule has 0 bridgehead atoms. The monoisotopic (exact) mass is 292 g/mol. The number of aryl methyl sites for hydroxylation is 1. The number of anilines is 1. The van der Waals surface area contributed by atoms with Crippen LogP contribution in [0.25, 0.3) is 0 Å². The van der Waals surface area contributed by atoms with E-state index in [1.165, 1.54) is 24.0 Å². The highest BCUT2D eigenvalue weighted by Crippen LogP contribution is 2.32. The van der Waals surface area contributed by atoms with Gasteiger partial charge in [-0.2, -0.15) is 13.2 Å². The van der Waals surface area contributed by atoms with E-state index in [0.29, 0.717) is 16.8 Å². The summed E-state index contributed by atoms with van der Waals surface area (Å²) in [6.07, 6.45) is -4.33. The molecule has 2 N–H and O–H groups in total. The molecule has 0 fully saturated rings. The van der Waals surface area contributed by atoms with Gasteiger partial charge < -0.3 is 10.6 Å². The van der Waals surface area contributed by atoms with Gasteiger partial charge in [-0.25, -0.2) is 4.39 Å². The topological polar surface area (TPSA) is 29.3 Å². The number of benzene rings is 1. The molecule has 0 radical (unpaired) electrons. The Morgan fingerprint density at radius 1 is 1.20 bits per heavy atom. The molecule has 6 heteroatoms. The van der Waals surface area contributed by atoms with Gasteiger partial charge in [0.05, 0.1) is 0 Å². The van der Waals surface area contributed by atoms with Crippen molar-refractivity contribution in [2.45, 2.75) is 46.0 Å². The van der Waals surface area contributed by atoms with Crippen LogP contribution in [0.3, 0.4) is 0 Å². The van der Waals surface area contributed by atoms with Crippen LogP contribution >= 0.6 is 0 Å². The van der Waals surface area contributed by atoms with Crippen molar-refractivity contribution >= 4 is 5.69 Å². The third kappa shape index (κ3) is 4.10. The fourth-order valence-electron chi connectivity index (χ4n) is 2.03. The lowest BCUT2D eigenvalue weighted by atomic mass is 10.0. The first kappa shape index (κ1) is 16.8. The third-order valence-corrected chi connectivity index (χ3v) is 3.08. The van der Waals surface area contributed by atoms with E-state index in [1.54, 1.807) is 20.8 Å². The van der Waals surface area contributed by atoms with Crippen LogP contribution < -0.4 is 10.6 Å². The van der Waals surface area contributed by atoms with Crippen LogP contribution in [0.4, 0.5) is 23.2 Å². The summed E-state index contributed by atoms with van der Waals surface area (Å²) in [4.78, 5) is 1.20. The van der Waals surface area contributed by atoms with Crippen molar-refractivity contribution in [3.8, 4) is 0 Å². The predicted octanol–water partition coefficient (Wildman–Crippen LogP) is 3.93. The Hall–Kier alpha value is -1.30. The molecule has 0 aromatic heterocycles. The van der Waals surface area contributed by atoms with E-state index in [1.807, 2.05) is 0 Å². The number of nitrogens with zero attached hydrogens (tertiary/aromatic N) is 1. The van der Waals surface area contributed by atoms with Crippen molar-refractivity contribution in [1.29, 1.82) is 0 Å². The fourth-order valence-corrected chi connectivity index (χ4v) is 2.03. The molecule has 0 aliphatic rings. The first-order chi connectivity index (χ1) is 9.03. The molecule has 0 heterocycles. The molecule has 1 aromatic rings. The number of hydrogen-bond acceptors (Lipinski definition) is 2. The molecular formula is C14H20F4N2. The highest BCUT2D eigenvalue weighted by molar-refractivity contribution is 5.57. The van der Waals surface area contributed by atoms with Gasteiger partial charge in [0.15, 0.2) is 0 Å². The Labute approximate surface area is 116 Å². The second kappa shape index (κ2) is 5.99. The highest BCUT2D eigenvalue weighted by Gasteiger charge is 2.33. The molecule has 0 saturated heterocycles. The standard InChI is InChI=1S/C14H20F4N2/c1-8(2)20(7-14(16,17)18)13-5-9(3)12(15)6-11(13)10(4)19/h5-6,8,10H,7,19H2,1-4H3/t10-/m1/s1. The minimum Gasteiger partial charge on any atom is -0.360 e. The summed E-state index contributed by atoms with van der Waals surface area (Å²) in [5.74, 6) is -0.461. The molecular weight excluding hydrogens is 272 g/mol. The largest absolute Gasteiger partial charge is 0.405 e. The number of hydrogen-bond donors (Lipinski definition) is 1. The summed E-state index contributed by atoms with van der Waals surface area (Å²) < 4.78 is 51.8. The highest BCUT2D eigenvalue weighted by atomic mass is 19.4. The Balaban J connectivity index is 3.35. The zero-order valence-corrected chi connectivity index (χ0v) is 12.1. The molecule has 1 aromatic carbocycles. The predicted molar refractivity (Wildman–Crippen MR) is 72.3 cm³/mol. The summed E-state index contributed by atoms with van der Waals surface area (Å²) in [5, 5.41) is 0. The SMILES string of the molecule is Cc1cc(N(CC(F)(F)F)C(C)C)c([C@@H](C)N)cc1F. The van der Waals surface area contributed by atoms with Gasteiger partial charge in [-0.3, -0.25) is 0 Å². The van der Waals surface area contributed by atoms with E-state index in [4.69, 9.17) is 5.73 Å². The molecule has 0 saturated carbocycles. The first-order valence-corrected chi connectivity index (χ1v) is 6.42. The number of nitrogens with two attached hydrogens (primary N) is 1. The number of rotatable bonds is 4. The molecule has 1 atom stereocenters. The lowest BCUT2D eigenvalue weighted by molar-refractivity contribution is -0.120. The molecule has 1 rings (SSSR count). The summed E-state index contributed by atoms with van der Waals surface area (Å²) in [5.41, 5.74) is 6.78. The quantitative estimate of drug-likeness (QED) is 0.852. The van der Waals surface area contributed by atoms with Crippen molar-refractivity contribution < 1.29 is 17.6 Å². The zero-order valence-electron chi connectivity index (χ0n) is 12.1. The molecule has 0 aliphatic heterocycles. The van der Waals surface area contributed by atoms with E-state index in [0.717, 1.165) is 0 Å². The van der Waals surface area contributed by atoms with Gasteiger partial charge >= 0.3 is 6.18 Å². The molecule has 2 nitrogen and oxygen atoms in total. The molecule has 0 amide bonds. The van der Waals surface area contributed by atoms with Gasteiger partial charge in [0.2, 0.25) is 0 Å². The molecule has 20 heavy (non-hydrogen) atoms. The van der Waals surface area contributed by atoms with Crippen molar-refractivity contribution in [3.63, 3.8) is 0 Å². The number of alkyl halides is 3. The minimum atomic E-state index is -4.33. The Morgan fingerprint density at radius 2 is 1.75 bits per heavy atom. The van der Waals surface area contributed by atoms with Gasteiger partial charge in [-0.15, -0.1) is 0 Å². The molecule has 0 spiro atoms. The summed E-state index contributed by atoms with van der Waals surface area (Å²) in [7, 11) is 0. The average Bonchev–Trinajstić information content (AvgIpc) is 2.27. The third-order valence-electron chi connectivity index (χ3n) is 3.08. The van der Waals surface area contributed by atoms with Crippen molar-refractivity contribution in [1.82, 2.24) is 0 Å². The summed E-state index contributed by atoms with van der Waals surface area (Å²) in [6, 6.07) is 1.73. The Bertz CT molecular complexity index is 467. The first-order valence-electron chi connectivity index (χ1n) is 6.42. The van der Waals surface area contributed by atoms with E-state index in [-0.39, 0.29) is 6.04 Å². The lowest BCUT2D eigenvalue weighted by Gasteiger charge is -2.32. The normalized spacial score (nSPS) is 13.7. The van der Waals surface area contributed by atoms with Gasteiger partial charge in [-0.1, -0.05) is 0 Å². The van der Waals surface area contributed by atoms with E-state index in [2.05, 4.69) is 0 Å². The number of halogens is 4. The minimum absolute atomic E-state index is 0.303. The van der Waals surface area contributed by atoms with Crippen LogP contribution in [0.1, 0.15) is 37.9 Å². The van der Waals surface area contributed by atoms with E-state index < -0.39 is 24.6 Å². The van der Waals surface area contributed by atoms with Gasteiger partial charge in [0.25, 0.3) is 0 Å². The van der Waals surface area contributed by atoms with Crippen LogP contribution in [0.15, 0.2) is 12.1 Å². The zero-order chi connectivity index (χ0) is 15.7. The Kier molecular flexibility index (Phi) is 5.02. The smallest absolute Gasteiger partial charge is 0.360 e. The molecule has 0 aliphatic carbocycles. The van der Waals surface area contributed by atoms with Crippen LogP contribution in [0, 0.1) is 12.7 Å². The van der Waals surface area contributed by atoms with E-state index in [9.17, 15) is 17.6 Å². The second-order valence-electron chi connectivity index (χ2n) is 5.29. The van der Waals surface area contributed by atoms with Crippen molar-refractivity contribution in [2.24, 2.45) is 5.73 Å². The van der Waals surface area contributed by atoms with E-state index >= 15 is 0 Å². The van der Waals surface area contributed by atoms with Crippen LogP contribution in [0.2, 0.25) is 0 Å². The summed E-state index contributed by atoms with van der Waals surface area (Å²) in [6.45, 7) is 5.38. The maximum atomic E-state index is 13.6. The van der Waals surface area contributed by atoms with Crippen LogP contribution in [0.5, 0.6) is 0 Å². The van der Waals surface area contributed by atoms with Gasteiger partial charge in [0.1, 0.15) is 12.4 Å². The maximum absolute atomic E-state index is 13.6.